The van der Waals surface area contributed by atoms with Crippen LogP contribution in [0.2, 0.25) is 0 Å². The number of hydrogen-bond donors (Lipinski definition) is 1. The molecule has 4 nitrogen and oxygen atoms in total. The largest absolute Gasteiger partial charge is 0.392 e. The molecule has 0 aliphatic carbocycles. The van der Waals surface area contributed by atoms with Crippen LogP contribution in [0.15, 0.2) is 23.1 Å². The zero-order valence-electron chi connectivity index (χ0n) is 11.0. The highest BCUT2D eigenvalue weighted by Gasteiger charge is 2.36. The van der Waals surface area contributed by atoms with E-state index >= 15 is 0 Å². The second kappa shape index (κ2) is 5.19. The summed E-state index contributed by atoms with van der Waals surface area (Å²) in [5, 5.41) is 9.21. The average molecular weight is 287 g/mol. The maximum atomic E-state index is 13.3. The first-order valence-corrected chi connectivity index (χ1v) is 7.69. The van der Waals surface area contributed by atoms with E-state index in [1.165, 1.54) is 10.4 Å². The summed E-state index contributed by atoms with van der Waals surface area (Å²) in [4.78, 5) is -0.128. The van der Waals surface area contributed by atoms with Crippen molar-refractivity contribution in [2.75, 3.05) is 13.1 Å². The van der Waals surface area contributed by atoms with Crippen LogP contribution in [-0.4, -0.2) is 30.9 Å². The van der Waals surface area contributed by atoms with E-state index in [1.54, 1.807) is 0 Å². The fraction of sp³-hybridized carbons (Fsp3) is 0.538. The van der Waals surface area contributed by atoms with Gasteiger partial charge < -0.3 is 5.11 Å². The van der Waals surface area contributed by atoms with Crippen molar-refractivity contribution in [2.45, 2.75) is 25.3 Å². The molecule has 0 aromatic heterocycles. The van der Waals surface area contributed by atoms with E-state index in [9.17, 15) is 17.9 Å². The minimum Gasteiger partial charge on any atom is -0.392 e. The van der Waals surface area contributed by atoms with Crippen molar-refractivity contribution in [3.05, 3.63) is 29.6 Å². The van der Waals surface area contributed by atoms with Crippen molar-refractivity contribution in [3.8, 4) is 0 Å². The molecule has 1 saturated heterocycles. The van der Waals surface area contributed by atoms with Crippen molar-refractivity contribution < 1.29 is 17.9 Å². The highest BCUT2D eigenvalue weighted by Crippen LogP contribution is 2.29. The van der Waals surface area contributed by atoms with Gasteiger partial charge in [-0.05, 0) is 29.5 Å². The molecule has 0 spiro atoms. The van der Waals surface area contributed by atoms with E-state index in [2.05, 4.69) is 0 Å². The molecular weight excluding hydrogens is 269 g/mol. The van der Waals surface area contributed by atoms with Crippen molar-refractivity contribution in [1.82, 2.24) is 4.31 Å². The molecule has 0 radical (unpaired) electrons. The number of aliphatic hydroxyl groups is 1. The molecule has 1 heterocycles. The quantitative estimate of drug-likeness (QED) is 0.918. The third kappa shape index (κ3) is 2.66. The molecule has 1 N–H and O–H groups in total. The van der Waals surface area contributed by atoms with Crippen LogP contribution in [0.5, 0.6) is 0 Å². The van der Waals surface area contributed by atoms with E-state index in [1.807, 2.05) is 13.8 Å². The lowest BCUT2D eigenvalue weighted by Crippen LogP contribution is -2.30. The first kappa shape index (κ1) is 14.4. The van der Waals surface area contributed by atoms with Crippen LogP contribution in [0.4, 0.5) is 4.39 Å². The summed E-state index contributed by atoms with van der Waals surface area (Å²) in [6.45, 7) is 4.45. The van der Waals surface area contributed by atoms with Gasteiger partial charge >= 0.3 is 0 Å². The number of nitrogens with zero attached hydrogens (tertiary/aromatic N) is 1. The molecule has 19 heavy (non-hydrogen) atoms. The molecule has 1 aromatic carbocycles. The van der Waals surface area contributed by atoms with Crippen LogP contribution in [0, 0.1) is 17.7 Å². The molecule has 1 fully saturated rings. The molecule has 0 saturated carbocycles. The molecule has 2 rings (SSSR count). The number of benzene rings is 1. The topological polar surface area (TPSA) is 57.6 Å². The standard InChI is InChI=1S/C13H18FNO3S/c1-9-6-15(7-10(9)2)19(17,18)13-5-12(14)4-3-11(13)8-16/h3-5,9-10,16H,6-8H2,1-2H3. The lowest BCUT2D eigenvalue weighted by atomic mass is 10.0. The van der Waals surface area contributed by atoms with Gasteiger partial charge in [0.2, 0.25) is 10.0 Å². The van der Waals surface area contributed by atoms with Gasteiger partial charge in [0, 0.05) is 13.1 Å². The van der Waals surface area contributed by atoms with Crippen LogP contribution in [-0.2, 0) is 16.6 Å². The molecule has 106 valence electrons. The summed E-state index contributed by atoms with van der Waals surface area (Å²) >= 11 is 0. The monoisotopic (exact) mass is 287 g/mol. The molecule has 1 aromatic rings. The van der Waals surface area contributed by atoms with Gasteiger partial charge in [0.25, 0.3) is 0 Å². The van der Waals surface area contributed by atoms with Crippen LogP contribution >= 0.6 is 0 Å². The molecule has 0 bridgehead atoms. The Kier molecular flexibility index (Phi) is 3.94. The Morgan fingerprint density at radius 1 is 1.32 bits per heavy atom. The first-order chi connectivity index (χ1) is 8.86. The zero-order chi connectivity index (χ0) is 14.2. The van der Waals surface area contributed by atoms with Gasteiger partial charge in [-0.2, -0.15) is 4.31 Å². The van der Waals surface area contributed by atoms with E-state index in [-0.39, 0.29) is 22.3 Å². The first-order valence-electron chi connectivity index (χ1n) is 6.25. The number of halogens is 1. The molecule has 1 aliphatic rings. The van der Waals surface area contributed by atoms with E-state index in [0.717, 1.165) is 12.1 Å². The number of hydrogen-bond acceptors (Lipinski definition) is 3. The molecule has 0 amide bonds. The van der Waals surface area contributed by atoms with Gasteiger partial charge in [-0.25, -0.2) is 12.8 Å². The average Bonchev–Trinajstić information content (AvgIpc) is 2.70. The third-order valence-corrected chi connectivity index (χ3v) is 5.69. The van der Waals surface area contributed by atoms with Gasteiger partial charge in [0.1, 0.15) is 5.82 Å². The third-order valence-electron chi connectivity index (χ3n) is 3.77. The van der Waals surface area contributed by atoms with Crippen LogP contribution in [0.25, 0.3) is 0 Å². The molecule has 6 heteroatoms. The maximum absolute atomic E-state index is 13.3. The predicted octanol–water partition coefficient (Wildman–Crippen LogP) is 1.59. The second-order valence-electron chi connectivity index (χ2n) is 5.19. The predicted molar refractivity (Wildman–Crippen MR) is 69.4 cm³/mol. The SMILES string of the molecule is CC1CN(S(=O)(=O)c2cc(F)ccc2CO)CC1C. The fourth-order valence-electron chi connectivity index (χ4n) is 2.31. The van der Waals surface area contributed by atoms with Crippen LogP contribution in [0.1, 0.15) is 19.4 Å². The normalized spacial score (nSPS) is 24.8. The fourth-order valence-corrected chi connectivity index (χ4v) is 4.18. The lowest BCUT2D eigenvalue weighted by Gasteiger charge is -2.18. The Hall–Kier alpha value is -0.980. The highest BCUT2D eigenvalue weighted by molar-refractivity contribution is 7.89. The lowest BCUT2D eigenvalue weighted by molar-refractivity contribution is 0.278. The number of aliphatic hydroxyl groups excluding tert-OH is 1. The molecule has 2 unspecified atom stereocenters. The van der Waals surface area contributed by atoms with E-state index in [0.29, 0.717) is 13.1 Å². The van der Waals surface area contributed by atoms with Crippen molar-refractivity contribution in [1.29, 1.82) is 0 Å². The van der Waals surface area contributed by atoms with E-state index in [4.69, 9.17) is 0 Å². The zero-order valence-corrected chi connectivity index (χ0v) is 11.8. The van der Waals surface area contributed by atoms with Crippen molar-refractivity contribution in [2.24, 2.45) is 11.8 Å². The Bertz CT molecular complexity index is 563. The Labute approximate surface area is 112 Å². The van der Waals surface area contributed by atoms with Gasteiger partial charge in [-0.1, -0.05) is 19.9 Å². The molecule has 2 atom stereocenters. The summed E-state index contributed by atoms with van der Waals surface area (Å²) in [6, 6.07) is 3.44. The van der Waals surface area contributed by atoms with Crippen LogP contribution < -0.4 is 0 Å². The Morgan fingerprint density at radius 3 is 2.42 bits per heavy atom. The summed E-state index contributed by atoms with van der Waals surface area (Å²) in [7, 11) is -3.74. The molecular formula is C13H18FNO3S. The maximum Gasteiger partial charge on any atom is 0.243 e. The molecule has 1 aliphatic heterocycles. The number of sulfonamides is 1. The minimum absolute atomic E-state index is 0.128. The van der Waals surface area contributed by atoms with E-state index < -0.39 is 22.4 Å². The summed E-state index contributed by atoms with van der Waals surface area (Å²) in [5.74, 6) is -0.0575. The highest BCUT2D eigenvalue weighted by atomic mass is 32.2. The second-order valence-corrected chi connectivity index (χ2v) is 7.09. The Balaban J connectivity index is 2.43. The van der Waals surface area contributed by atoms with Gasteiger partial charge in [-0.15, -0.1) is 0 Å². The number of rotatable bonds is 3. The van der Waals surface area contributed by atoms with Crippen LogP contribution in [0.3, 0.4) is 0 Å². The smallest absolute Gasteiger partial charge is 0.243 e. The van der Waals surface area contributed by atoms with Gasteiger partial charge in [0.15, 0.2) is 0 Å². The van der Waals surface area contributed by atoms with Crippen molar-refractivity contribution in [3.63, 3.8) is 0 Å². The summed E-state index contributed by atoms with van der Waals surface area (Å²) in [5.41, 5.74) is 0.230. The van der Waals surface area contributed by atoms with Gasteiger partial charge in [-0.3, -0.25) is 0 Å². The summed E-state index contributed by atoms with van der Waals surface area (Å²) in [6.07, 6.45) is 0. The van der Waals surface area contributed by atoms with Crippen molar-refractivity contribution >= 4 is 10.0 Å². The van der Waals surface area contributed by atoms with Gasteiger partial charge in [0.05, 0.1) is 11.5 Å². The summed E-state index contributed by atoms with van der Waals surface area (Å²) < 4.78 is 39.7. The minimum atomic E-state index is -3.74. The Morgan fingerprint density at radius 2 is 1.89 bits per heavy atom.